The first kappa shape index (κ1) is 12.3. The SMILES string of the molecule is CCCc1ccc2c(c1)C(=O)C(Cl)=C(Cl)C2=O. The molecular weight excluding hydrogens is 259 g/mol. The molecule has 0 aromatic heterocycles. The Morgan fingerprint density at radius 2 is 1.59 bits per heavy atom. The molecule has 0 radical (unpaired) electrons. The first-order valence-corrected chi connectivity index (χ1v) is 6.09. The quantitative estimate of drug-likeness (QED) is 0.820. The summed E-state index contributed by atoms with van der Waals surface area (Å²) in [5, 5.41) is -0.370. The number of aryl methyl sites for hydroxylation is 1. The van der Waals surface area contributed by atoms with Crippen LogP contribution in [0.1, 0.15) is 39.6 Å². The number of hydrogen-bond donors (Lipinski definition) is 0. The zero-order valence-electron chi connectivity index (χ0n) is 9.22. The molecule has 1 aromatic rings. The Kier molecular flexibility index (Phi) is 3.36. The van der Waals surface area contributed by atoms with Crippen LogP contribution in [0.15, 0.2) is 28.3 Å². The van der Waals surface area contributed by atoms with Crippen LogP contribution in [-0.2, 0) is 6.42 Å². The van der Waals surface area contributed by atoms with Crippen molar-refractivity contribution in [3.63, 3.8) is 0 Å². The van der Waals surface area contributed by atoms with E-state index in [1.54, 1.807) is 12.1 Å². The summed E-state index contributed by atoms with van der Waals surface area (Å²) >= 11 is 11.5. The number of ketones is 2. The van der Waals surface area contributed by atoms with Gasteiger partial charge in [0.25, 0.3) is 0 Å². The lowest BCUT2D eigenvalue weighted by Gasteiger charge is -2.14. The smallest absolute Gasteiger partial charge is 0.206 e. The van der Waals surface area contributed by atoms with Crippen molar-refractivity contribution in [3.05, 3.63) is 45.0 Å². The van der Waals surface area contributed by atoms with E-state index in [1.165, 1.54) is 0 Å². The normalized spacial score (nSPS) is 15.2. The number of carbonyl (C=O) groups excluding carboxylic acids is 2. The Morgan fingerprint density at radius 1 is 1.00 bits per heavy atom. The fourth-order valence-corrected chi connectivity index (χ4v) is 2.23. The third-order valence-electron chi connectivity index (χ3n) is 2.70. The molecule has 2 nitrogen and oxygen atoms in total. The molecule has 0 spiro atoms. The Morgan fingerprint density at radius 3 is 2.18 bits per heavy atom. The van der Waals surface area contributed by atoms with E-state index in [0.29, 0.717) is 11.1 Å². The maximum Gasteiger partial charge on any atom is 0.206 e. The van der Waals surface area contributed by atoms with Gasteiger partial charge in [-0.3, -0.25) is 9.59 Å². The van der Waals surface area contributed by atoms with E-state index in [9.17, 15) is 9.59 Å². The van der Waals surface area contributed by atoms with Gasteiger partial charge < -0.3 is 0 Å². The minimum absolute atomic E-state index is 0.183. The van der Waals surface area contributed by atoms with E-state index in [4.69, 9.17) is 23.2 Å². The summed E-state index contributed by atoms with van der Waals surface area (Å²) in [6, 6.07) is 5.22. The Balaban J connectivity index is 2.56. The fourth-order valence-electron chi connectivity index (χ4n) is 1.86. The molecule has 1 aliphatic carbocycles. The molecule has 88 valence electrons. The zero-order valence-corrected chi connectivity index (χ0v) is 10.7. The highest BCUT2D eigenvalue weighted by molar-refractivity contribution is 6.59. The molecule has 0 heterocycles. The van der Waals surface area contributed by atoms with Crippen LogP contribution in [0.4, 0.5) is 0 Å². The van der Waals surface area contributed by atoms with Crippen LogP contribution >= 0.6 is 23.2 Å². The summed E-state index contributed by atoms with van der Waals surface area (Å²) in [5.74, 6) is -0.751. The predicted octanol–water partition coefficient (Wildman–Crippen LogP) is 3.71. The number of benzene rings is 1. The van der Waals surface area contributed by atoms with Crippen LogP contribution < -0.4 is 0 Å². The molecule has 0 amide bonds. The molecule has 4 heteroatoms. The first-order chi connectivity index (χ1) is 8.06. The average molecular weight is 269 g/mol. The Hall–Kier alpha value is -1.12. The summed E-state index contributed by atoms with van der Waals surface area (Å²) in [7, 11) is 0. The number of allylic oxidation sites excluding steroid dienone is 2. The third-order valence-corrected chi connectivity index (χ3v) is 3.52. The molecule has 17 heavy (non-hydrogen) atoms. The number of rotatable bonds is 2. The van der Waals surface area contributed by atoms with Crippen molar-refractivity contribution in [2.24, 2.45) is 0 Å². The van der Waals surface area contributed by atoms with E-state index in [0.717, 1.165) is 18.4 Å². The molecule has 1 aliphatic rings. The van der Waals surface area contributed by atoms with E-state index in [-0.39, 0.29) is 21.6 Å². The molecule has 0 unspecified atom stereocenters. The minimum Gasteiger partial charge on any atom is -0.288 e. The van der Waals surface area contributed by atoms with Crippen molar-refractivity contribution in [2.75, 3.05) is 0 Å². The number of fused-ring (bicyclic) bond motifs is 1. The van der Waals surface area contributed by atoms with Crippen LogP contribution in [0.3, 0.4) is 0 Å². The minimum atomic E-state index is -0.380. The number of hydrogen-bond acceptors (Lipinski definition) is 2. The molecule has 0 saturated carbocycles. The van der Waals surface area contributed by atoms with Gasteiger partial charge in [-0.15, -0.1) is 0 Å². The number of halogens is 2. The highest BCUT2D eigenvalue weighted by Crippen LogP contribution is 2.31. The lowest BCUT2D eigenvalue weighted by Crippen LogP contribution is -2.18. The van der Waals surface area contributed by atoms with E-state index >= 15 is 0 Å². The van der Waals surface area contributed by atoms with Gasteiger partial charge in [0.2, 0.25) is 11.6 Å². The highest BCUT2D eigenvalue weighted by atomic mass is 35.5. The lowest BCUT2D eigenvalue weighted by atomic mass is 9.92. The monoisotopic (exact) mass is 268 g/mol. The van der Waals surface area contributed by atoms with Gasteiger partial charge in [0, 0.05) is 11.1 Å². The third kappa shape index (κ3) is 2.03. The summed E-state index contributed by atoms with van der Waals surface area (Å²) in [6.45, 7) is 2.05. The van der Waals surface area contributed by atoms with E-state index in [2.05, 4.69) is 6.92 Å². The van der Waals surface area contributed by atoms with Crippen LogP contribution in [-0.4, -0.2) is 11.6 Å². The number of carbonyl (C=O) groups is 2. The second-order valence-electron chi connectivity index (χ2n) is 3.92. The lowest BCUT2D eigenvalue weighted by molar-refractivity contribution is 0.0987. The van der Waals surface area contributed by atoms with E-state index < -0.39 is 0 Å². The molecule has 0 saturated heterocycles. The summed E-state index contributed by atoms with van der Waals surface area (Å²) in [4.78, 5) is 23.7. The second-order valence-corrected chi connectivity index (χ2v) is 4.67. The van der Waals surface area contributed by atoms with Gasteiger partial charge in [-0.2, -0.15) is 0 Å². The molecular formula is C13H10Cl2O2. The van der Waals surface area contributed by atoms with Gasteiger partial charge in [-0.1, -0.05) is 42.6 Å². The predicted molar refractivity (Wildman–Crippen MR) is 67.8 cm³/mol. The van der Waals surface area contributed by atoms with Crippen LogP contribution in [0.2, 0.25) is 0 Å². The van der Waals surface area contributed by atoms with Gasteiger partial charge in [-0.05, 0) is 24.1 Å². The van der Waals surface area contributed by atoms with Crippen LogP contribution in [0, 0.1) is 0 Å². The molecule has 2 rings (SSSR count). The highest BCUT2D eigenvalue weighted by Gasteiger charge is 2.30. The first-order valence-electron chi connectivity index (χ1n) is 5.33. The van der Waals surface area contributed by atoms with Gasteiger partial charge in [-0.25, -0.2) is 0 Å². The maximum atomic E-state index is 11.9. The maximum absolute atomic E-state index is 11.9. The molecule has 0 N–H and O–H groups in total. The molecule has 1 aromatic carbocycles. The molecule has 0 aliphatic heterocycles. The van der Waals surface area contributed by atoms with Crippen molar-refractivity contribution in [2.45, 2.75) is 19.8 Å². The van der Waals surface area contributed by atoms with Gasteiger partial charge in [0.15, 0.2) is 0 Å². The second kappa shape index (κ2) is 4.63. The van der Waals surface area contributed by atoms with Gasteiger partial charge in [0.1, 0.15) is 10.1 Å². The molecule has 0 bridgehead atoms. The summed E-state index contributed by atoms with van der Waals surface area (Å²) in [6.07, 6.45) is 1.84. The van der Waals surface area contributed by atoms with Crippen molar-refractivity contribution < 1.29 is 9.59 Å². The average Bonchev–Trinajstić information content (AvgIpc) is 2.34. The van der Waals surface area contributed by atoms with Crippen LogP contribution in [0.25, 0.3) is 0 Å². The number of Topliss-reactive ketones (excluding diaryl/α,β-unsaturated/α-hetero) is 2. The fraction of sp³-hybridized carbons (Fsp3) is 0.231. The molecule has 0 fully saturated rings. The zero-order chi connectivity index (χ0) is 12.6. The largest absolute Gasteiger partial charge is 0.288 e. The van der Waals surface area contributed by atoms with E-state index in [1.807, 2.05) is 6.07 Å². The van der Waals surface area contributed by atoms with Gasteiger partial charge in [0.05, 0.1) is 0 Å². The van der Waals surface area contributed by atoms with Crippen molar-refractivity contribution in [1.29, 1.82) is 0 Å². The Bertz CT molecular complexity index is 544. The van der Waals surface area contributed by atoms with Gasteiger partial charge >= 0.3 is 0 Å². The van der Waals surface area contributed by atoms with Crippen molar-refractivity contribution >= 4 is 34.8 Å². The van der Waals surface area contributed by atoms with Crippen molar-refractivity contribution in [3.8, 4) is 0 Å². The Labute approximate surface area is 109 Å². The van der Waals surface area contributed by atoms with Crippen molar-refractivity contribution in [1.82, 2.24) is 0 Å². The summed E-state index contributed by atoms with van der Waals surface area (Å²) in [5.41, 5.74) is 1.72. The van der Waals surface area contributed by atoms with Crippen LogP contribution in [0.5, 0.6) is 0 Å². The molecule has 0 atom stereocenters. The standard InChI is InChI=1S/C13H10Cl2O2/c1-2-3-7-4-5-8-9(6-7)13(17)11(15)10(14)12(8)16/h4-6H,2-3H2,1H3. The topological polar surface area (TPSA) is 34.1 Å². The summed E-state index contributed by atoms with van der Waals surface area (Å²) < 4.78 is 0.